The van der Waals surface area contributed by atoms with Gasteiger partial charge in [-0.2, -0.15) is 0 Å². The molecule has 6 nitrogen and oxygen atoms in total. The molecule has 0 spiro atoms. The molecule has 0 saturated carbocycles. The van der Waals surface area contributed by atoms with Crippen LogP contribution >= 0.6 is 11.6 Å². The Labute approximate surface area is 188 Å². The number of benzene rings is 2. The molecule has 0 radical (unpaired) electrons. The van der Waals surface area contributed by atoms with Gasteiger partial charge >= 0.3 is 11.8 Å². The number of nitrogens with one attached hydrogen (secondary N) is 2. The van der Waals surface area contributed by atoms with Crippen molar-refractivity contribution < 1.29 is 9.59 Å². The lowest BCUT2D eigenvalue weighted by Crippen LogP contribution is -2.41. The van der Waals surface area contributed by atoms with Gasteiger partial charge in [-0.25, -0.2) is 0 Å². The van der Waals surface area contributed by atoms with E-state index >= 15 is 0 Å². The summed E-state index contributed by atoms with van der Waals surface area (Å²) in [5.74, 6) is -1.31. The number of halogens is 1. The molecule has 0 bridgehead atoms. The summed E-state index contributed by atoms with van der Waals surface area (Å²) >= 11 is 6.11. The SMILES string of the molecule is Cc1c(Cl)cccc1NC(=O)C(=O)NCC(c1ccc2c(c1)CCN2C)N1CCCC1. The fourth-order valence-corrected chi connectivity index (χ4v) is 4.67. The number of hydrogen-bond donors (Lipinski definition) is 2. The highest BCUT2D eigenvalue weighted by molar-refractivity contribution is 6.40. The Morgan fingerprint density at radius 2 is 1.87 bits per heavy atom. The summed E-state index contributed by atoms with van der Waals surface area (Å²) in [6.45, 7) is 5.25. The molecule has 2 aliphatic rings. The van der Waals surface area contributed by atoms with Crippen LogP contribution in [-0.2, 0) is 16.0 Å². The van der Waals surface area contributed by atoms with E-state index < -0.39 is 11.8 Å². The molecule has 2 aromatic carbocycles. The number of rotatable bonds is 5. The Morgan fingerprint density at radius 1 is 1.10 bits per heavy atom. The molecule has 1 fully saturated rings. The van der Waals surface area contributed by atoms with Crippen LogP contribution in [0, 0.1) is 6.92 Å². The smallest absolute Gasteiger partial charge is 0.313 e. The lowest BCUT2D eigenvalue weighted by molar-refractivity contribution is -0.136. The van der Waals surface area contributed by atoms with Gasteiger partial charge in [0.25, 0.3) is 0 Å². The maximum atomic E-state index is 12.5. The van der Waals surface area contributed by atoms with Gasteiger partial charge in [0, 0.05) is 36.5 Å². The lowest BCUT2D eigenvalue weighted by atomic mass is 10.0. The maximum Gasteiger partial charge on any atom is 0.313 e. The van der Waals surface area contributed by atoms with E-state index in [1.54, 1.807) is 18.2 Å². The summed E-state index contributed by atoms with van der Waals surface area (Å²) in [5.41, 5.74) is 5.12. The highest BCUT2D eigenvalue weighted by Gasteiger charge is 2.27. The topological polar surface area (TPSA) is 64.7 Å². The van der Waals surface area contributed by atoms with Crippen molar-refractivity contribution in [3.05, 3.63) is 58.1 Å². The second-order valence-electron chi connectivity index (χ2n) is 8.40. The van der Waals surface area contributed by atoms with Crippen LogP contribution in [0.5, 0.6) is 0 Å². The molecule has 4 rings (SSSR count). The summed E-state index contributed by atoms with van der Waals surface area (Å²) in [6, 6.07) is 11.9. The van der Waals surface area contributed by atoms with Crippen molar-refractivity contribution >= 4 is 34.8 Å². The van der Waals surface area contributed by atoms with Gasteiger partial charge in [0.2, 0.25) is 0 Å². The van der Waals surface area contributed by atoms with Crippen LogP contribution in [0.15, 0.2) is 36.4 Å². The van der Waals surface area contributed by atoms with E-state index in [1.807, 2.05) is 6.92 Å². The fourth-order valence-electron chi connectivity index (χ4n) is 4.50. The molecule has 0 aliphatic carbocycles. The number of likely N-dealkylation sites (tertiary alicyclic amines) is 1. The van der Waals surface area contributed by atoms with Crippen molar-refractivity contribution in [3.8, 4) is 0 Å². The third kappa shape index (κ3) is 4.70. The van der Waals surface area contributed by atoms with Crippen molar-refractivity contribution in [1.82, 2.24) is 10.2 Å². The number of carbonyl (C=O) groups is 2. The zero-order valence-electron chi connectivity index (χ0n) is 18.1. The van der Waals surface area contributed by atoms with E-state index in [1.165, 1.54) is 16.8 Å². The molecule has 1 saturated heterocycles. The predicted octanol–water partition coefficient (Wildman–Crippen LogP) is 3.53. The van der Waals surface area contributed by atoms with Crippen LogP contribution in [0.2, 0.25) is 5.02 Å². The Kier molecular flexibility index (Phi) is 6.49. The fraction of sp³-hybridized carbons (Fsp3) is 0.417. The summed E-state index contributed by atoms with van der Waals surface area (Å²) < 4.78 is 0. The zero-order chi connectivity index (χ0) is 22.0. The van der Waals surface area contributed by atoms with Crippen molar-refractivity contribution in [2.24, 2.45) is 0 Å². The van der Waals surface area contributed by atoms with Gasteiger partial charge in [-0.1, -0.05) is 29.8 Å². The van der Waals surface area contributed by atoms with Crippen molar-refractivity contribution in [2.45, 2.75) is 32.2 Å². The maximum absolute atomic E-state index is 12.5. The van der Waals surface area contributed by atoms with Crippen molar-refractivity contribution in [1.29, 1.82) is 0 Å². The molecule has 0 aromatic heterocycles. The van der Waals surface area contributed by atoms with E-state index in [4.69, 9.17) is 11.6 Å². The van der Waals surface area contributed by atoms with Gasteiger partial charge in [0.05, 0.1) is 6.04 Å². The van der Waals surface area contributed by atoms with Crippen LogP contribution in [0.1, 0.15) is 35.6 Å². The second-order valence-corrected chi connectivity index (χ2v) is 8.80. The number of anilines is 2. The minimum Gasteiger partial charge on any atom is -0.374 e. The first-order valence-corrected chi connectivity index (χ1v) is 11.2. The minimum absolute atomic E-state index is 0.0587. The molecular formula is C24H29ClN4O2. The van der Waals surface area contributed by atoms with Crippen LogP contribution < -0.4 is 15.5 Å². The first-order chi connectivity index (χ1) is 14.9. The van der Waals surface area contributed by atoms with Crippen LogP contribution in [-0.4, -0.2) is 49.9 Å². The predicted molar refractivity (Wildman–Crippen MR) is 125 cm³/mol. The number of likely N-dealkylation sites (N-methyl/N-ethyl adjacent to an activating group) is 1. The molecule has 7 heteroatoms. The lowest BCUT2D eigenvalue weighted by Gasteiger charge is -2.28. The highest BCUT2D eigenvalue weighted by atomic mass is 35.5. The molecule has 2 aromatic rings. The van der Waals surface area contributed by atoms with E-state index in [-0.39, 0.29) is 6.04 Å². The van der Waals surface area contributed by atoms with Gasteiger partial charge in [-0.3, -0.25) is 14.5 Å². The number of amides is 2. The first kappa shape index (κ1) is 21.7. The van der Waals surface area contributed by atoms with Gasteiger partial charge in [-0.05, 0) is 74.2 Å². The summed E-state index contributed by atoms with van der Waals surface area (Å²) in [4.78, 5) is 29.7. The van der Waals surface area contributed by atoms with E-state index in [0.717, 1.165) is 44.5 Å². The van der Waals surface area contributed by atoms with E-state index in [2.05, 4.69) is 45.7 Å². The first-order valence-electron chi connectivity index (χ1n) is 10.9. The Balaban J connectivity index is 1.45. The summed E-state index contributed by atoms with van der Waals surface area (Å²) in [5, 5.41) is 6.07. The van der Waals surface area contributed by atoms with E-state index in [9.17, 15) is 9.59 Å². The van der Waals surface area contributed by atoms with Gasteiger partial charge in [0.1, 0.15) is 0 Å². The Bertz CT molecular complexity index is 988. The third-order valence-corrected chi connectivity index (χ3v) is 6.79. The van der Waals surface area contributed by atoms with Gasteiger partial charge in [0.15, 0.2) is 0 Å². The molecular weight excluding hydrogens is 412 g/mol. The summed E-state index contributed by atoms with van der Waals surface area (Å²) in [7, 11) is 2.12. The number of fused-ring (bicyclic) bond motifs is 1. The molecule has 1 atom stereocenters. The highest BCUT2D eigenvalue weighted by Crippen LogP contribution is 2.32. The minimum atomic E-state index is -0.680. The molecule has 2 N–H and O–H groups in total. The number of carbonyl (C=O) groups excluding carboxylic acids is 2. The molecule has 2 aliphatic heterocycles. The quantitative estimate of drug-likeness (QED) is 0.698. The van der Waals surface area contributed by atoms with Crippen molar-refractivity contribution in [2.75, 3.05) is 43.4 Å². The monoisotopic (exact) mass is 440 g/mol. The normalized spacial score (nSPS) is 16.8. The summed E-state index contributed by atoms with van der Waals surface area (Å²) in [6.07, 6.45) is 3.36. The standard InChI is InChI=1S/C24H29ClN4O2/c1-16-19(25)6-5-7-20(16)27-24(31)23(30)26-15-22(29-11-3-4-12-29)17-8-9-21-18(14-17)10-13-28(21)2/h5-9,14,22H,3-4,10-13,15H2,1-2H3,(H,26,30)(H,27,31). The number of nitrogens with zero attached hydrogens (tertiary/aromatic N) is 2. The third-order valence-electron chi connectivity index (χ3n) is 6.38. The largest absolute Gasteiger partial charge is 0.374 e. The van der Waals surface area contributed by atoms with E-state index in [0.29, 0.717) is 17.3 Å². The second kappa shape index (κ2) is 9.28. The average Bonchev–Trinajstić information content (AvgIpc) is 3.42. The number of hydrogen-bond acceptors (Lipinski definition) is 4. The molecule has 2 heterocycles. The van der Waals surface area contributed by atoms with Gasteiger partial charge < -0.3 is 15.5 Å². The molecule has 31 heavy (non-hydrogen) atoms. The van der Waals surface area contributed by atoms with Crippen molar-refractivity contribution in [3.63, 3.8) is 0 Å². The zero-order valence-corrected chi connectivity index (χ0v) is 18.8. The molecule has 1 unspecified atom stereocenters. The van der Waals surface area contributed by atoms with Crippen LogP contribution in [0.25, 0.3) is 0 Å². The van der Waals surface area contributed by atoms with Crippen LogP contribution in [0.4, 0.5) is 11.4 Å². The van der Waals surface area contributed by atoms with Gasteiger partial charge in [-0.15, -0.1) is 0 Å². The van der Waals surface area contributed by atoms with Crippen LogP contribution in [0.3, 0.4) is 0 Å². The Hall–Kier alpha value is -2.57. The molecule has 2 amide bonds. The Morgan fingerprint density at radius 3 is 2.65 bits per heavy atom. The molecule has 164 valence electrons. The average molecular weight is 441 g/mol.